The molecule has 0 atom stereocenters. The second-order valence-electron chi connectivity index (χ2n) is 7.44. The van der Waals surface area contributed by atoms with Crippen LogP contribution in [-0.4, -0.2) is 66.7 Å². The molecule has 2 aromatic rings. The maximum Gasteiger partial charge on any atom is 0.316 e. The third kappa shape index (κ3) is 7.14. The van der Waals surface area contributed by atoms with Gasteiger partial charge in [0.2, 0.25) is 15.9 Å². The van der Waals surface area contributed by atoms with Crippen LogP contribution in [0.2, 0.25) is 0 Å². The molecule has 12 heteroatoms. The van der Waals surface area contributed by atoms with Gasteiger partial charge in [-0.05, 0) is 44.0 Å². The first-order chi connectivity index (χ1) is 15.8. The smallest absolute Gasteiger partial charge is 0.316 e. The van der Waals surface area contributed by atoms with Crippen LogP contribution in [0.25, 0.3) is 0 Å². The van der Waals surface area contributed by atoms with Crippen molar-refractivity contribution in [3.63, 3.8) is 0 Å². The number of rotatable bonds is 10. The maximum absolute atomic E-state index is 12.7. The number of carbonyl (C=O) groups is 3. The number of ketones is 1. The molecule has 0 spiro atoms. The molecule has 1 aromatic carbocycles. The fourth-order valence-corrected chi connectivity index (χ4v) is 5.30. The Balaban J connectivity index is 1.40. The maximum atomic E-state index is 12.7. The summed E-state index contributed by atoms with van der Waals surface area (Å²) in [5.41, 5.74) is 0.246. The number of hydrogen-bond donors (Lipinski definition) is 1. The number of Topliss-reactive ketones (excluding diaryl/α,β-unsaturated/α-hetero) is 1. The lowest BCUT2D eigenvalue weighted by Crippen LogP contribution is -2.35. The average molecular weight is 496 g/mol. The summed E-state index contributed by atoms with van der Waals surface area (Å²) in [6, 6.07) is 7.18. The van der Waals surface area contributed by atoms with E-state index in [9.17, 15) is 22.8 Å². The van der Waals surface area contributed by atoms with Crippen molar-refractivity contribution in [3.05, 3.63) is 41.7 Å². The molecule has 0 aliphatic carbocycles. The van der Waals surface area contributed by atoms with E-state index in [4.69, 9.17) is 9.26 Å². The number of thioether (sulfide) groups is 1. The van der Waals surface area contributed by atoms with Crippen molar-refractivity contribution in [2.75, 3.05) is 36.5 Å². The highest BCUT2D eigenvalue weighted by molar-refractivity contribution is 8.00. The molecular formula is C21H25N3O7S2. The second kappa shape index (κ2) is 11.4. The number of nitrogens with one attached hydrogen (secondary N) is 1. The molecular weight excluding hydrogens is 470 g/mol. The number of nitrogens with zero attached hydrogens (tertiary/aromatic N) is 2. The zero-order valence-corrected chi connectivity index (χ0v) is 19.7. The van der Waals surface area contributed by atoms with Gasteiger partial charge in [0.25, 0.3) is 0 Å². The number of piperidine rings is 1. The third-order valence-electron chi connectivity index (χ3n) is 4.84. The molecule has 3 rings (SSSR count). The van der Waals surface area contributed by atoms with Gasteiger partial charge in [-0.2, -0.15) is 4.31 Å². The Bertz CT molecular complexity index is 1090. The van der Waals surface area contributed by atoms with E-state index in [1.54, 1.807) is 13.0 Å². The Labute approximate surface area is 196 Å². The summed E-state index contributed by atoms with van der Waals surface area (Å²) in [7, 11) is -3.57. The van der Waals surface area contributed by atoms with Crippen LogP contribution < -0.4 is 5.32 Å². The van der Waals surface area contributed by atoms with Gasteiger partial charge in [0.05, 0.1) is 16.4 Å². The van der Waals surface area contributed by atoms with E-state index in [2.05, 4.69) is 10.5 Å². The van der Waals surface area contributed by atoms with Crippen LogP contribution in [0.1, 0.15) is 35.4 Å². The van der Waals surface area contributed by atoms with Crippen molar-refractivity contribution in [1.29, 1.82) is 0 Å². The van der Waals surface area contributed by atoms with E-state index in [1.807, 2.05) is 0 Å². The van der Waals surface area contributed by atoms with E-state index >= 15 is 0 Å². The number of carbonyl (C=O) groups excluding carboxylic acids is 3. The topological polar surface area (TPSA) is 136 Å². The van der Waals surface area contributed by atoms with E-state index in [1.165, 1.54) is 28.6 Å². The van der Waals surface area contributed by atoms with Crippen molar-refractivity contribution >= 4 is 45.3 Å². The van der Waals surface area contributed by atoms with Crippen molar-refractivity contribution in [3.8, 4) is 0 Å². The molecule has 0 bridgehead atoms. The molecule has 2 heterocycles. The highest BCUT2D eigenvalue weighted by Gasteiger charge is 2.26. The lowest BCUT2D eigenvalue weighted by molar-refractivity contribution is -0.139. The summed E-state index contributed by atoms with van der Waals surface area (Å²) in [6.07, 6.45) is 2.70. The van der Waals surface area contributed by atoms with Gasteiger partial charge < -0.3 is 14.6 Å². The zero-order chi connectivity index (χ0) is 23.8. The molecule has 0 radical (unpaired) electrons. The number of amides is 1. The molecule has 1 saturated heterocycles. The molecule has 1 aliphatic rings. The highest BCUT2D eigenvalue weighted by atomic mass is 32.2. The first-order valence-corrected chi connectivity index (χ1v) is 12.9. The van der Waals surface area contributed by atoms with E-state index in [0.717, 1.165) is 31.0 Å². The van der Waals surface area contributed by atoms with Gasteiger partial charge >= 0.3 is 5.97 Å². The number of esters is 1. The molecule has 10 nitrogen and oxygen atoms in total. The first kappa shape index (κ1) is 24.9. The lowest BCUT2D eigenvalue weighted by atomic mass is 10.1. The molecule has 1 aliphatic heterocycles. The van der Waals surface area contributed by atoms with Gasteiger partial charge in [0.15, 0.2) is 18.2 Å². The van der Waals surface area contributed by atoms with Crippen LogP contribution in [0, 0.1) is 6.92 Å². The summed E-state index contributed by atoms with van der Waals surface area (Å²) >= 11 is 1.03. The molecule has 1 amide bonds. The average Bonchev–Trinajstić information content (AvgIpc) is 3.22. The summed E-state index contributed by atoms with van der Waals surface area (Å²) in [5, 5.41) is 6.17. The van der Waals surface area contributed by atoms with E-state index in [-0.39, 0.29) is 27.9 Å². The normalized spacial score (nSPS) is 14.6. The van der Waals surface area contributed by atoms with Crippen LogP contribution in [-0.2, 0) is 24.3 Å². The van der Waals surface area contributed by atoms with E-state index < -0.39 is 28.4 Å². The molecule has 0 saturated carbocycles. The van der Waals surface area contributed by atoms with Crippen LogP contribution >= 0.6 is 11.8 Å². The fraction of sp³-hybridized carbons (Fsp3) is 0.429. The summed E-state index contributed by atoms with van der Waals surface area (Å²) < 4.78 is 36.6. The van der Waals surface area contributed by atoms with Gasteiger partial charge in [-0.1, -0.05) is 11.6 Å². The van der Waals surface area contributed by atoms with Crippen molar-refractivity contribution in [2.45, 2.75) is 31.1 Å². The number of benzene rings is 1. The van der Waals surface area contributed by atoms with Gasteiger partial charge in [0, 0.05) is 24.7 Å². The van der Waals surface area contributed by atoms with Crippen LogP contribution in [0.3, 0.4) is 0 Å². The Kier molecular flexibility index (Phi) is 8.64. The first-order valence-electron chi connectivity index (χ1n) is 10.4. The monoisotopic (exact) mass is 495 g/mol. The summed E-state index contributed by atoms with van der Waals surface area (Å²) in [6.45, 7) is 2.22. The van der Waals surface area contributed by atoms with Gasteiger partial charge in [0.1, 0.15) is 5.76 Å². The van der Waals surface area contributed by atoms with Crippen LogP contribution in [0.15, 0.2) is 39.8 Å². The second-order valence-corrected chi connectivity index (χ2v) is 10.4. The standard InChI is InChI=1S/C21H25N3O7S2/c1-15-11-19(23-31-15)22-20(26)13-32-14-21(27)30-12-18(25)16-5-7-17(8-6-16)33(28,29)24-9-3-2-4-10-24/h5-8,11H,2-4,9-10,12-14H2,1H3,(H,22,23,26). The number of aromatic nitrogens is 1. The van der Waals surface area contributed by atoms with E-state index in [0.29, 0.717) is 24.7 Å². The van der Waals surface area contributed by atoms with Crippen molar-refractivity contribution in [1.82, 2.24) is 9.46 Å². The number of anilines is 1. The third-order valence-corrected chi connectivity index (χ3v) is 7.66. The number of hydrogen-bond acceptors (Lipinski definition) is 9. The van der Waals surface area contributed by atoms with Gasteiger partial charge in [-0.15, -0.1) is 11.8 Å². The molecule has 1 N–H and O–H groups in total. The minimum absolute atomic E-state index is 0.00189. The fourth-order valence-electron chi connectivity index (χ4n) is 3.17. The van der Waals surface area contributed by atoms with Crippen LogP contribution in [0.5, 0.6) is 0 Å². The SMILES string of the molecule is Cc1cc(NC(=O)CSCC(=O)OCC(=O)c2ccc(S(=O)(=O)N3CCCCC3)cc2)no1. The molecule has 178 valence electrons. The van der Waals surface area contributed by atoms with Gasteiger partial charge in [-0.25, -0.2) is 8.42 Å². The number of aryl methyl sites for hydroxylation is 1. The number of ether oxygens (including phenoxy) is 1. The summed E-state index contributed by atoms with van der Waals surface area (Å²) in [4.78, 5) is 36.0. The lowest BCUT2D eigenvalue weighted by Gasteiger charge is -2.25. The zero-order valence-electron chi connectivity index (χ0n) is 18.1. The molecule has 1 fully saturated rings. The van der Waals surface area contributed by atoms with Crippen molar-refractivity contribution in [2.24, 2.45) is 0 Å². The minimum atomic E-state index is -3.57. The Morgan fingerprint density at radius 3 is 2.45 bits per heavy atom. The van der Waals surface area contributed by atoms with Crippen LogP contribution in [0.4, 0.5) is 5.82 Å². The quantitative estimate of drug-likeness (QED) is 0.389. The Morgan fingerprint density at radius 2 is 1.82 bits per heavy atom. The largest absolute Gasteiger partial charge is 0.457 e. The Hall–Kier alpha value is -2.70. The predicted molar refractivity (Wildman–Crippen MR) is 122 cm³/mol. The molecule has 1 aromatic heterocycles. The highest BCUT2D eigenvalue weighted by Crippen LogP contribution is 2.21. The van der Waals surface area contributed by atoms with Crippen molar-refractivity contribution < 1.29 is 32.1 Å². The minimum Gasteiger partial charge on any atom is -0.457 e. The van der Waals surface area contributed by atoms with Gasteiger partial charge in [-0.3, -0.25) is 14.4 Å². The Morgan fingerprint density at radius 1 is 1.12 bits per heavy atom. The molecule has 0 unspecified atom stereocenters. The number of sulfonamides is 1. The molecule has 33 heavy (non-hydrogen) atoms. The predicted octanol–water partition coefficient (Wildman–Crippen LogP) is 2.26. The summed E-state index contributed by atoms with van der Waals surface area (Å²) in [5.74, 6) is -0.688.